The lowest BCUT2D eigenvalue weighted by molar-refractivity contribution is -0.255. The van der Waals surface area contributed by atoms with Crippen molar-refractivity contribution in [3.8, 4) is 6.01 Å². The highest BCUT2D eigenvalue weighted by atomic mass is 16.5. The van der Waals surface area contributed by atoms with Crippen LogP contribution in [0.25, 0.3) is 0 Å². The van der Waals surface area contributed by atoms with E-state index in [0.717, 1.165) is 0 Å². The van der Waals surface area contributed by atoms with Crippen molar-refractivity contribution in [2.45, 2.75) is 115 Å². The molecule has 3 heterocycles. The number of hydrogen-bond donors (Lipinski definition) is 5. The SMILES string of the molecule is CC1(C)CC(Nc2nc(NN)nc(OC3CC(C)(C)N(O)C(C)(C)C3)n2)CC(C)(C)N1O. The van der Waals surface area contributed by atoms with Gasteiger partial charge in [-0.25, -0.2) is 5.84 Å². The maximum Gasteiger partial charge on any atom is 0.323 e. The molecule has 2 aliphatic rings. The molecule has 2 aliphatic heterocycles. The van der Waals surface area contributed by atoms with Crippen molar-refractivity contribution in [3.05, 3.63) is 0 Å². The Kier molecular flexibility index (Phi) is 6.37. The minimum Gasteiger partial charge on any atom is -0.460 e. The number of piperidine rings is 2. The molecule has 0 aromatic carbocycles. The number of hydroxylamine groups is 4. The van der Waals surface area contributed by atoms with Gasteiger partial charge in [0.25, 0.3) is 0 Å². The van der Waals surface area contributed by atoms with Crippen LogP contribution in [0.4, 0.5) is 11.9 Å². The third-order valence-electron chi connectivity index (χ3n) is 6.59. The maximum atomic E-state index is 10.6. The summed E-state index contributed by atoms with van der Waals surface area (Å²) in [6.07, 6.45) is 2.46. The van der Waals surface area contributed by atoms with Gasteiger partial charge in [0.2, 0.25) is 11.9 Å². The number of rotatable bonds is 5. The van der Waals surface area contributed by atoms with Crippen molar-refractivity contribution in [1.82, 2.24) is 25.1 Å². The Labute approximate surface area is 190 Å². The lowest BCUT2D eigenvalue weighted by atomic mass is 9.79. The predicted molar refractivity (Wildman–Crippen MR) is 121 cm³/mol. The van der Waals surface area contributed by atoms with Gasteiger partial charge in [0.05, 0.1) is 0 Å². The van der Waals surface area contributed by atoms with Crippen molar-refractivity contribution in [3.63, 3.8) is 0 Å². The number of nitrogens with zero attached hydrogens (tertiary/aromatic N) is 5. The average Bonchev–Trinajstić information content (AvgIpc) is 2.63. The van der Waals surface area contributed by atoms with Crippen LogP contribution in [0.2, 0.25) is 0 Å². The number of hydrogen-bond acceptors (Lipinski definition) is 11. The van der Waals surface area contributed by atoms with Crippen LogP contribution in [-0.4, -0.2) is 69.8 Å². The van der Waals surface area contributed by atoms with E-state index in [1.165, 1.54) is 10.1 Å². The second kappa shape index (κ2) is 8.21. The molecule has 2 saturated heterocycles. The monoisotopic (exact) mass is 452 g/mol. The van der Waals surface area contributed by atoms with Crippen molar-refractivity contribution in [2.75, 3.05) is 10.7 Å². The molecule has 1 aromatic rings. The number of nitrogens with two attached hydrogens (primary N) is 1. The Hall–Kier alpha value is -1.79. The van der Waals surface area contributed by atoms with Crippen molar-refractivity contribution in [1.29, 1.82) is 0 Å². The van der Waals surface area contributed by atoms with Crippen molar-refractivity contribution >= 4 is 11.9 Å². The Morgan fingerprint density at radius 1 is 0.781 bits per heavy atom. The number of nitrogens with one attached hydrogen (secondary N) is 2. The van der Waals surface area contributed by atoms with Gasteiger partial charge in [0.1, 0.15) is 6.10 Å². The summed E-state index contributed by atoms with van der Waals surface area (Å²) in [5.74, 6) is 6.16. The molecule has 0 bridgehead atoms. The third-order valence-corrected chi connectivity index (χ3v) is 6.59. The molecule has 182 valence electrons. The summed E-state index contributed by atoms with van der Waals surface area (Å²) in [7, 11) is 0. The normalized spacial score (nSPS) is 26.0. The topological polar surface area (TPSA) is 145 Å². The van der Waals surface area contributed by atoms with Crippen LogP contribution in [0.5, 0.6) is 6.01 Å². The minimum absolute atomic E-state index is 0.0415. The van der Waals surface area contributed by atoms with Gasteiger partial charge in [-0.1, -0.05) is 0 Å². The Morgan fingerprint density at radius 2 is 1.22 bits per heavy atom. The van der Waals surface area contributed by atoms with Gasteiger partial charge in [-0.15, -0.1) is 0 Å². The van der Waals surface area contributed by atoms with E-state index in [2.05, 4.69) is 25.7 Å². The summed E-state index contributed by atoms with van der Waals surface area (Å²) in [6, 6.07) is 0.219. The lowest BCUT2D eigenvalue weighted by Gasteiger charge is -2.51. The highest BCUT2D eigenvalue weighted by Gasteiger charge is 2.47. The van der Waals surface area contributed by atoms with Gasteiger partial charge in [0.15, 0.2) is 0 Å². The smallest absolute Gasteiger partial charge is 0.323 e. The lowest BCUT2D eigenvalue weighted by Crippen LogP contribution is -2.61. The zero-order valence-corrected chi connectivity index (χ0v) is 20.6. The summed E-state index contributed by atoms with van der Waals surface area (Å²) < 4.78 is 6.16. The molecular formula is C21H40N8O3. The molecule has 11 nitrogen and oxygen atoms in total. The number of aromatic nitrogens is 3. The first-order valence-electron chi connectivity index (χ1n) is 11.2. The summed E-state index contributed by atoms with van der Waals surface area (Å²) in [5, 5.41) is 27.3. The molecular weight excluding hydrogens is 412 g/mol. The van der Waals surface area contributed by atoms with E-state index in [-0.39, 0.29) is 24.1 Å². The zero-order chi connectivity index (χ0) is 24.1. The molecule has 11 heteroatoms. The Balaban J connectivity index is 1.79. The third kappa shape index (κ3) is 5.07. The Bertz CT molecular complexity index is 731. The second-order valence-corrected chi connectivity index (χ2v) is 11.7. The van der Waals surface area contributed by atoms with Crippen LogP contribution in [0, 0.1) is 0 Å². The Morgan fingerprint density at radius 3 is 1.69 bits per heavy atom. The predicted octanol–water partition coefficient (Wildman–Crippen LogP) is 2.77. The van der Waals surface area contributed by atoms with E-state index in [9.17, 15) is 10.4 Å². The van der Waals surface area contributed by atoms with Gasteiger partial charge in [-0.3, -0.25) is 5.43 Å². The molecule has 0 atom stereocenters. The van der Waals surface area contributed by atoms with E-state index in [1.54, 1.807) is 0 Å². The van der Waals surface area contributed by atoms with Crippen LogP contribution in [-0.2, 0) is 0 Å². The molecule has 0 amide bonds. The first-order chi connectivity index (χ1) is 14.6. The van der Waals surface area contributed by atoms with E-state index >= 15 is 0 Å². The standard InChI is InChI=1S/C21H40N8O3/c1-18(2)9-13(10-19(3,4)28(18)30)23-15-24-16(27-22)26-17(25-15)32-14-11-20(5,6)29(31)21(7,8)12-14/h13-14,30-31H,9-12,22H2,1-8H3,(H2,23,24,25,26,27). The van der Waals surface area contributed by atoms with Crippen LogP contribution in [0.1, 0.15) is 81.1 Å². The molecule has 0 unspecified atom stereocenters. The first kappa shape index (κ1) is 24.8. The number of anilines is 2. The van der Waals surface area contributed by atoms with Crippen molar-refractivity contribution in [2.24, 2.45) is 5.84 Å². The highest BCUT2D eigenvalue weighted by Crippen LogP contribution is 2.39. The fourth-order valence-corrected chi connectivity index (χ4v) is 5.50. The van der Waals surface area contributed by atoms with Gasteiger partial charge in [0, 0.05) is 41.0 Å². The molecule has 0 spiro atoms. The first-order valence-corrected chi connectivity index (χ1v) is 11.2. The van der Waals surface area contributed by atoms with Gasteiger partial charge in [-0.05, 0) is 68.2 Å². The maximum absolute atomic E-state index is 10.6. The minimum atomic E-state index is -0.453. The van der Waals surface area contributed by atoms with E-state index in [4.69, 9.17) is 10.6 Å². The molecule has 32 heavy (non-hydrogen) atoms. The van der Waals surface area contributed by atoms with E-state index in [0.29, 0.717) is 31.6 Å². The molecule has 0 saturated carbocycles. The van der Waals surface area contributed by atoms with Crippen LogP contribution < -0.4 is 21.3 Å². The van der Waals surface area contributed by atoms with Gasteiger partial charge in [-0.2, -0.15) is 25.1 Å². The summed E-state index contributed by atoms with van der Waals surface area (Å²) in [4.78, 5) is 13.1. The summed E-state index contributed by atoms with van der Waals surface area (Å²) in [6.45, 7) is 16.0. The van der Waals surface area contributed by atoms with Gasteiger partial charge < -0.3 is 20.5 Å². The number of ether oxygens (including phenoxy) is 1. The van der Waals surface area contributed by atoms with E-state index in [1.807, 2.05) is 55.4 Å². The summed E-state index contributed by atoms with van der Waals surface area (Å²) >= 11 is 0. The molecule has 2 fully saturated rings. The second-order valence-electron chi connectivity index (χ2n) is 11.7. The van der Waals surface area contributed by atoms with Crippen molar-refractivity contribution < 1.29 is 15.2 Å². The molecule has 3 rings (SSSR count). The molecule has 1 aromatic heterocycles. The number of nitrogen functional groups attached to an aromatic ring is 1. The fraction of sp³-hybridized carbons (Fsp3) is 0.857. The van der Waals surface area contributed by atoms with Crippen LogP contribution in [0.15, 0.2) is 0 Å². The molecule has 6 N–H and O–H groups in total. The van der Waals surface area contributed by atoms with Crippen LogP contribution >= 0.6 is 0 Å². The zero-order valence-electron chi connectivity index (χ0n) is 20.6. The summed E-state index contributed by atoms with van der Waals surface area (Å²) in [5.41, 5.74) is 0.763. The van der Waals surface area contributed by atoms with E-state index < -0.39 is 22.2 Å². The molecule has 0 radical (unpaired) electrons. The highest BCUT2D eigenvalue weighted by molar-refractivity contribution is 5.36. The largest absolute Gasteiger partial charge is 0.460 e. The fourth-order valence-electron chi connectivity index (χ4n) is 5.50. The van der Waals surface area contributed by atoms with Crippen LogP contribution in [0.3, 0.4) is 0 Å². The average molecular weight is 453 g/mol. The quantitative estimate of drug-likeness (QED) is 0.332. The molecule has 0 aliphatic carbocycles. The van der Waals surface area contributed by atoms with Gasteiger partial charge >= 0.3 is 6.01 Å². The number of hydrazine groups is 1.